The Kier molecular flexibility index (Phi) is 5.51. The number of nitrogens with one attached hydrogen (secondary N) is 1. The average Bonchev–Trinajstić information content (AvgIpc) is 3.05. The number of amides is 1. The lowest BCUT2D eigenvalue weighted by atomic mass is 10.3. The minimum Gasteiger partial charge on any atom is -0.451 e. The number of hydrogen-bond acceptors (Lipinski definition) is 6. The van der Waals surface area contributed by atoms with Crippen molar-refractivity contribution in [3.05, 3.63) is 64.8 Å². The Morgan fingerprint density at radius 3 is 2.70 bits per heavy atom. The van der Waals surface area contributed by atoms with E-state index < -0.39 is 30.1 Å². The van der Waals surface area contributed by atoms with Crippen molar-refractivity contribution in [1.29, 1.82) is 0 Å². The second-order valence-corrected chi connectivity index (χ2v) is 6.40. The first-order chi connectivity index (χ1) is 12.9. The molecule has 0 saturated heterocycles. The van der Waals surface area contributed by atoms with Gasteiger partial charge in [0.2, 0.25) is 0 Å². The van der Waals surface area contributed by atoms with E-state index in [9.17, 15) is 18.4 Å². The van der Waals surface area contributed by atoms with Crippen molar-refractivity contribution < 1.29 is 23.1 Å². The van der Waals surface area contributed by atoms with E-state index >= 15 is 0 Å². The molecule has 138 valence electrons. The first-order valence-electron chi connectivity index (χ1n) is 7.75. The maximum Gasteiger partial charge on any atom is 0.350 e. The van der Waals surface area contributed by atoms with Crippen LogP contribution < -0.4 is 5.32 Å². The van der Waals surface area contributed by atoms with Crippen molar-refractivity contribution in [2.75, 3.05) is 11.9 Å². The summed E-state index contributed by atoms with van der Waals surface area (Å²) in [6.07, 6.45) is 1.62. The molecule has 0 radical (unpaired) electrons. The second kappa shape index (κ2) is 8.00. The number of hydrogen-bond donors (Lipinski definition) is 1. The summed E-state index contributed by atoms with van der Waals surface area (Å²) in [5, 5.41) is 2.88. The van der Waals surface area contributed by atoms with Gasteiger partial charge in [-0.1, -0.05) is 6.07 Å². The summed E-state index contributed by atoms with van der Waals surface area (Å²) in [5.74, 6) is -3.50. The summed E-state index contributed by atoms with van der Waals surface area (Å²) < 4.78 is 31.0. The molecule has 0 fully saturated rings. The molecule has 2 aromatic heterocycles. The summed E-state index contributed by atoms with van der Waals surface area (Å²) in [6.45, 7) is 1.08. The highest BCUT2D eigenvalue weighted by atomic mass is 32.1. The number of pyridine rings is 1. The van der Waals surface area contributed by atoms with Crippen LogP contribution in [-0.4, -0.2) is 28.5 Å². The SMILES string of the molecule is Cc1nc(-c2ccccn2)sc1C(=O)OCC(=O)Nc1ccc(F)c(F)c1. The van der Waals surface area contributed by atoms with Crippen LogP contribution in [0.25, 0.3) is 10.7 Å². The monoisotopic (exact) mass is 389 g/mol. The first-order valence-corrected chi connectivity index (χ1v) is 8.56. The van der Waals surface area contributed by atoms with Crippen molar-refractivity contribution in [3.63, 3.8) is 0 Å². The predicted molar refractivity (Wildman–Crippen MR) is 95.4 cm³/mol. The van der Waals surface area contributed by atoms with Crippen LogP contribution in [0.15, 0.2) is 42.6 Å². The van der Waals surface area contributed by atoms with Crippen LogP contribution in [0.4, 0.5) is 14.5 Å². The fourth-order valence-corrected chi connectivity index (χ4v) is 3.09. The van der Waals surface area contributed by atoms with Crippen LogP contribution in [0.2, 0.25) is 0 Å². The minimum absolute atomic E-state index is 0.0568. The Morgan fingerprint density at radius 2 is 2.00 bits per heavy atom. The molecule has 0 spiro atoms. The number of aryl methyl sites for hydroxylation is 1. The first kappa shape index (κ1) is 18.6. The molecule has 2 heterocycles. The van der Waals surface area contributed by atoms with E-state index in [1.54, 1.807) is 31.3 Å². The van der Waals surface area contributed by atoms with E-state index in [-0.39, 0.29) is 10.6 Å². The van der Waals surface area contributed by atoms with Crippen LogP contribution >= 0.6 is 11.3 Å². The Balaban J connectivity index is 1.61. The Morgan fingerprint density at radius 1 is 1.19 bits per heavy atom. The third kappa shape index (κ3) is 4.50. The molecular weight excluding hydrogens is 376 g/mol. The molecule has 9 heteroatoms. The van der Waals surface area contributed by atoms with Gasteiger partial charge in [-0.3, -0.25) is 9.78 Å². The summed E-state index contributed by atoms with van der Waals surface area (Å²) >= 11 is 1.11. The van der Waals surface area contributed by atoms with Crippen LogP contribution in [0, 0.1) is 18.6 Å². The zero-order chi connectivity index (χ0) is 19.4. The van der Waals surface area contributed by atoms with Gasteiger partial charge < -0.3 is 10.1 Å². The smallest absolute Gasteiger partial charge is 0.350 e. The number of benzene rings is 1. The van der Waals surface area contributed by atoms with Gasteiger partial charge in [-0.2, -0.15) is 0 Å². The molecule has 1 amide bonds. The van der Waals surface area contributed by atoms with Gasteiger partial charge in [-0.15, -0.1) is 11.3 Å². The highest BCUT2D eigenvalue weighted by Gasteiger charge is 2.19. The van der Waals surface area contributed by atoms with Crippen molar-refractivity contribution in [1.82, 2.24) is 9.97 Å². The third-order valence-electron chi connectivity index (χ3n) is 3.40. The molecule has 0 atom stereocenters. The number of nitrogens with zero attached hydrogens (tertiary/aromatic N) is 2. The number of carbonyl (C=O) groups is 2. The number of ether oxygens (including phenoxy) is 1. The quantitative estimate of drug-likeness (QED) is 0.675. The van der Waals surface area contributed by atoms with Crippen molar-refractivity contribution in [2.45, 2.75) is 6.92 Å². The second-order valence-electron chi connectivity index (χ2n) is 5.40. The molecule has 0 bridgehead atoms. The van der Waals surface area contributed by atoms with E-state index in [1.807, 2.05) is 0 Å². The molecule has 3 rings (SSSR count). The summed E-state index contributed by atoms with van der Waals surface area (Å²) in [4.78, 5) is 32.8. The average molecular weight is 389 g/mol. The minimum atomic E-state index is -1.09. The number of rotatable bonds is 5. The third-order valence-corrected chi connectivity index (χ3v) is 4.56. The van der Waals surface area contributed by atoms with E-state index in [0.29, 0.717) is 16.4 Å². The van der Waals surface area contributed by atoms with Gasteiger partial charge in [0.1, 0.15) is 9.88 Å². The fourth-order valence-electron chi connectivity index (χ4n) is 2.15. The Labute approximate surface area is 156 Å². The number of halogens is 2. The zero-order valence-electron chi connectivity index (χ0n) is 14.0. The van der Waals surface area contributed by atoms with Gasteiger partial charge in [-0.05, 0) is 31.2 Å². The lowest BCUT2D eigenvalue weighted by Crippen LogP contribution is -2.21. The topological polar surface area (TPSA) is 81.2 Å². The van der Waals surface area contributed by atoms with E-state index in [2.05, 4.69) is 15.3 Å². The van der Waals surface area contributed by atoms with Gasteiger partial charge in [-0.25, -0.2) is 18.6 Å². The fraction of sp³-hybridized carbons (Fsp3) is 0.111. The highest BCUT2D eigenvalue weighted by molar-refractivity contribution is 7.17. The lowest BCUT2D eigenvalue weighted by Gasteiger charge is -2.06. The molecule has 3 aromatic rings. The number of aromatic nitrogens is 2. The number of esters is 1. The lowest BCUT2D eigenvalue weighted by molar-refractivity contribution is -0.119. The molecule has 27 heavy (non-hydrogen) atoms. The zero-order valence-corrected chi connectivity index (χ0v) is 14.8. The Hall–Kier alpha value is -3.20. The van der Waals surface area contributed by atoms with Crippen LogP contribution in [-0.2, 0) is 9.53 Å². The molecule has 0 aliphatic rings. The van der Waals surface area contributed by atoms with Crippen LogP contribution in [0.1, 0.15) is 15.4 Å². The van der Waals surface area contributed by atoms with Gasteiger partial charge in [0.05, 0.1) is 11.4 Å². The number of anilines is 1. The molecular formula is C18H13F2N3O3S. The maximum absolute atomic E-state index is 13.1. The van der Waals surface area contributed by atoms with Gasteiger partial charge in [0.25, 0.3) is 5.91 Å². The molecule has 6 nitrogen and oxygen atoms in total. The van der Waals surface area contributed by atoms with E-state index in [0.717, 1.165) is 23.5 Å². The molecule has 0 aliphatic heterocycles. The predicted octanol–water partition coefficient (Wildman–Crippen LogP) is 3.59. The van der Waals surface area contributed by atoms with E-state index in [1.165, 1.54) is 6.07 Å². The number of thiazole rings is 1. The Bertz CT molecular complexity index is 993. The van der Waals surface area contributed by atoms with Crippen molar-refractivity contribution in [2.24, 2.45) is 0 Å². The van der Waals surface area contributed by atoms with E-state index in [4.69, 9.17) is 4.74 Å². The van der Waals surface area contributed by atoms with Crippen molar-refractivity contribution in [3.8, 4) is 10.7 Å². The molecule has 0 saturated carbocycles. The van der Waals surface area contributed by atoms with Crippen molar-refractivity contribution >= 4 is 28.9 Å². The van der Waals surface area contributed by atoms with Crippen LogP contribution in [0.5, 0.6) is 0 Å². The van der Waals surface area contributed by atoms with Crippen LogP contribution in [0.3, 0.4) is 0 Å². The summed E-state index contributed by atoms with van der Waals surface area (Å²) in [7, 11) is 0. The van der Waals surface area contributed by atoms with Gasteiger partial charge >= 0.3 is 5.97 Å². The molecule has 1 aromatic carbocycles. The molecule has 0 aliphatic carbocycles. The number of carbonyl (C=O) groups excluding carboxylic acids is 2. The summed E-state index contributed by atoms with van der Waals surface area (Å²) in [5.41, 5.74) is 1.15. The summed E-state index contributed by atoms with van der Waals surface area (Å²) in [6, 6.07) is 8.26. The standard InChI is InChI=1S/C18H13F2N3O3S/c1-10-16(27-17(22-10)14-4-2-3-7-21-14)18(25)26-9-15(24)23-11-5-6-12(19)13(20)8-11/h2-8H,9H2,1H3,(H,23,24). The normalized spacial score (nSPS) is 10.5. The highest BCUT2D eigenvalue weighted by Crippen LogP contribution is 2.26. The molecule has 0 unspecified atom stereocenters. The van der Waals surface area contributed by atoms with Gasteiger partial charge in [0, 0.05) is 18.0 Å². The van der Waals surface area contributed by atoms with Gasteiger partial charge in [0.15, 0.2) is 18.2 Å². The molecule has 1 N–H and O–H groups in total. The largest absolute Gasteiger partial charge is 0.451 e. The maximum atomic E-state index is 13.1.